The van der Waals surface area contributed by atoms with E-state index in [1.54, 1.807) is 24.3 Å². The maximum atomic E-state index is 13.5. The molecule has 0 saturated heterocycles. The molecule has 0 aliphatic carbocycles. The van der Waals surface area contributed by atoms with Crippen molar-refractivity contribution in [2.45, 2.75) is 45.9 Å². The molecular formula is C28H29ClN4O2. The monoisotopic (exact) mass is 488 g/mol. The second kappa shape index (κ2) is 10.7. The Labute approximate surface area is 210 Å². The fraction of sp³-hybridized carbons (Fsp3) is 0.250. The molecule has 3 aromatic carbocycles. The SMILES string of the molecule is CC(NC(=O)c1ccc(Cl)cc1)c1nc2ccccc2n1CC(=O)N(Cc1ccccc1)C(C)C. The molecular weight excluding hydrogens is 460 g/mol. The third-order valence-corrected chi connectivity index (χ3v) is 6.21. The summed E-state index contributed by atoms with van der Waals surface area (Å²) in [5.74, 6) is 0.391. The van der Waals surface area contributed by atoms with Crippen LogP contribution < -0.4 is 5.32 Å². The normalized spacial score (nSPS) is 12.0. The van der Waals surface area contributed by atoms with Gasteiger partial charge >= 0.3 is 0 Å². The van der Waals surface area contributed by atoms with Gasteiger partial charge in [0.1, 0.15) is 12.4 Å². The van der Waals surface area contributed by atoms with Crippen LogP contribution in [0.1, 0.15) is 48.6 Å². The van der Waals surface area contributed by atoms with Crippen molar-refractivity contribution in [2.24, 2.45) is 0 Å². The number of nitrogens with one attached hydrogen (secondary N) is 1. The Morgan fingerprint density at radius 2 is 1.60 bits per heavy atom. The lowest BCUT2D eigenvalue weighted by molar-refractivity contribution is -0.134. The Hall–Kier alpha value is -3.64. The molecule has 180 valence electrons. The Balaban J connectivity index is 1.61. The molecule has 4 rings (SSSR count). The van der Waals surface area contributed by atoms with Crippen molar-refractivity contribution in [1.29, 1.82) is 0 Å². The van der Waals surface area contributed by atoms with Crippen LogP contribution in [0.15, 0.2) is 78.9 Å². The highest BCUT2D eigenvalue weighted by molar-refractivity contribution is 6.30. The zero-order valence-electron chi connectivity index (χ0n) is 20.1. The Morgan fingerprint density at radius 1 is 0.943 bits per heavy atom. The summed E-state index contributed by atoms with van der Waals surface area (Å²) in [5.41, 5.74) is 3.22. The lowest BCUT2D eigenvalue weighted by Crippen LogP contribution is -2.39. The molecule has 1 atom stereocenters. The number of halogens is 1. The van der Waals surface area contributed by atoms with Crippen LogP contribution in [0.2, 0.25) is 5.02 Å². The molecule has 6 nitrogen and oxygen atoms in total. The van der Waals surface area contributed by atoms with E-state index in [4.69, 9.17) is 16.6 Å². The molecule has 0 saturated carbocycles. The molecule has 7 heteroatoms. The van der Waals surface area contributed by atoms with E-state index in [2.05, 4.69) is 5.32 Å². The lowest BCUT2D eigenvalue weighted by Gasteiger charge is -2.28. The minimum absolute atomic E-state index is 0.00974. The van der Waals surface area contributed by atoms with E-state index in [1.807, 2.05) is 84.8 Å². The number of hydrogen-bond donors (Lipinski definition) is 1. The van der Waals surface area contributed by atoms with Gasteiger partial charge in [0.25, 0.3) is 5.91 Å². The first-order valence-electron chi connectivity index (χ1n) is 11.7. The van der Waals surface area contributed by atoms with E-state index < -0.39 is 6.04 Å². The summed E-state index contributed by atoms with van der Waals surface area (Å²) < 4.78 is 1.91. The van der Waals surface area contributed by atoms with Crippen LogP contribution >= 0.6 is 11.6 Å². The van der Waals surface area contributed by atoms with Crippen molar-refractivity contribution in [3.8, 4) is 0 Å². The quantitative estimate of drug-likeness (QED) is 0.350. The molecule has 0 aliphatic heterocycles. The van der Waals surface area contributed by atoms with Crippen LogP contribution in [-0.4, -0.2) is 32.3 Å². The van der Waals surface area contributed by atoms with E-state index >= 15 is 0 Å². The van der Waals surface area contributed by atoms with Gasteiger partial charge in [-0.3, -0.25) is 9.59 Å². The molecule has 1 aromatic heterocycles. The fourth-order valence-electron chi connectivity index (χ4n) is 4.10. The Kier molecular flexibility index (Phi) is 7.51. The highest BCUT2D eigenvalue weighted by Gasteiger charge is 2.24. The predicted molar refractivity (Wildman–Crippen MR) is 139 cm³/mol. The standard InChI is InChI=1S/C28H29ClN4O2/c1-19(2)32(17-21-9-5-4-6-10-21)26(34)18-33-25-12-8-7-11-24(25)31-27(33)20(3)30-28(35)22-13-15-23(29)16-14-22/h4-16,19-20H,17-18H2,1-3H3,(H,30,35). The van der Waals surface area contributed by atoms with Crippen LogP contribution in [0.5, 0.6) is 0 Å². The summed E-state index contributed by atoms with van der Waals surface area (Å²) in [5, 5.41) is 3.58. The van der Waals surface area contributed by atoms with Crippen molar-refractivity contribution in [3.05, 3.63) is 101 Å². The molecule has 2 amide bonds. The van der Waals surface area contributed by atoms with Crippen LogP contribution in [0.3, 0.4) is 0 Å². The zero-order valence-corrected chi connectivity index (χ0v) is 20.9. The lowest BCUT2D eigenvalue weighted by atomic mass is 10.2. The highest BCUT2D eigenvalue weighted by Crippen LogP contribution is 2.22. The maximum absolute atomic E-state index is 13.5. The summed E-state index contributed by atoms with van der Waals surface area (Å²) >= 11 is 5.95. The van der Waals surface area contributed by atoms with Crippen molar-refractivity contribution >= 4 is 34.4 Å². The Bertz CT molecular complexity index is 1320. The summed E-state index contributed by atoms with van der Waals surface area (Å²) in [6, 6.07) is 24.0. The minimum atomic E-state index is -0.417. The molecule has 35 heavy (non-hydrogen) atoms. The number of amides is 2. The number of imidazole rings is 1. The summed E-state index contributed by atoms with van der Waals surface area (Å²) in [6.45, 7) is 6.57. The van der Waals surface area contributed by atoms with E-state index in [0.29, 0.717) is 23.0 Å². The number of aromatic nitrogens is 2. The molecule has 1 unspecified atom stereocenters. The molecule has 0 bridgehead atoms. The van der Waals surface area contributed by atoms with Gasteiger partial charge in [0, 0.05) is 23.2 Å². The van der Waals surface area contributed by atoms with Crippen molar-refractivity contribution in [1.82, 2.24) is 19.8 Å². The van der Waals surface area contributed by atoms with Gasteiger partial charge in [-0.2, -0.15) is 0 Å². The minimum Gasteiger partial charge on any atom is -0.342 e. The van der Waals surface area contributed by atoms with Gasteiger partial charge in [0.2, 0.25) is 5.91 Å². The van der Waals surface area contributed by atoms with E-state index in [-0.39, 0.29) is 24.4 Å². The van der Waals surface area contributed by atoms with Gasteiger partial charge in [0.15, 0.2) is 0 Å². The third kappa shape index (κ3) is 5.72. The smallest absolute Gasteiger partial charge is 0.251 e. The number of carbonyl (C=O) groups excluding carboxylic acids is 2. The van der Waals surface area contributed by atoms with E-state index in [9.17, 15) is 9.59 Å². The van der Waals surface area contributed by atoms with Gasteiger partial charge in [-0.25, -0.2) is 4.98 Å². The predicted octanol–water partition coefficient (Wildman–Crippen LogP) is 5.62. The number of benzene rings is 3. The van der Waals surface area contributed by atoms with Crippen LogP contribution in [-0.2, 0) is 17.9 Å². The summed E-state index contributed by atoms with van der Waals surface area (Å²) in [4.78, 5) is 33.0. The summed E-state index contributed by atoms with van der Waals surface area (Å²) in [7, 11) is 0. The number of para-hydroxylation sites is 2. The van der Waals surface area contributed by atoms with Gasteiger partial charge in [0.05, 0.1) is 17.1 Å². The number of hydrogen-bond acceptors (Lipinski definition) is 3. The number of rotatable bonds is 8. The zero-order chi connectivity index (χ0) is 24.9. The van der Waals surface area contributed by atoms with Gasteiger partial charge < -0.3 is 14.8 Å². The van der Waals surface area contributed by atoms with Crippen LogP contribution in [0.4, 0.5) is 0 Å². The number of fused-ring (bicyclic) bond motifs is 1. The van der Waals surface area contributed by atoms with E-state index in [0.717, 1.165) is 16.6 Å². The summed E-state index contributed by atoms with van der Waals surface area (Å²) in [6.07, 6.45) is 0. The molecule has 0 fully saturated rings. The first-order valence-corrected chi connectivity index (χ1v) is 12.1. The average Bonchev–Trinajstić information content (AvgIpc) is 3.21. The second-order valence-corrected chi connectivity index (χ2v) is 9.28. The first-order chi connectivity index (χ1) is 16.8. The van der Waals surface area contributed by atoms with E-state index in [1.165, 1.54) is 0 Å². The topological polar surface area (TPSA) is 67.2 Å². The second-order valence-electron chi connectivity index (χ2n) is 8.85. The third-order valence-electron chi connectivity index (χ3n) is 5.96. The van der Waals surface area contributed by atoms with Crippen molar-refractivity contribution in [3.63, 3.8) is 0 Å². The Morgan fingerprint density at radius 3 is 2.29 bits per heavy atom. The number of carbonyl (C=O) groups is 2. The highest BCUT2D eigenvalue weighted by atomic mass is 35.5. The van der Waals surface area contributed by atoms with Gasteiger partial charge in [-0.15, -0.1) is 0 Å². The maximum Gasteiger partial charge on any atom is 0.251 e. The van der Waals surface area contributed by atoms with Crippen LogP contribution in [0.25, 0.3) is 11.0 Å². The number of nitrogens with zero attached hydrogens (tertiary/aromatic N) is 3. The van der Waals surface area contributed by atoms with Crippen molar-refractivity contribution in [2.75, 3.05) is 0 Å². The molecule has 0 radical (unpaired) electrons. The first kappa shape index (κ1) is 24.5. The van der Waals surface area contributed by atoms with Crippen molar-refractivity contribution < 1.29 is 9.59 Å². The average molecular weight is 489 g/mol. The molecule has 1 heterocycles. The molecule has 1 N–H and O–H groups in total. The molecule has 0 aliphatic rings. The molecule has 0 spiro atoms. The molecule has 4 aromatic rings. The van der Waals surface area contributed by atoms with Crippen LogP contribution in [0, 0.1) is 0 Å². The van der Waals surface area contributed by atoms with Gasteiger partial charge in [-0.05, 0) is 62.7 Å². The van der Waals surface area contributed by atoms with Gasteiger partial charge in [-0.1, -0.05) is 54.1 Å². The largest absolute Gasteiger partial charge is 0.342 e. The fourth-order valence-corrected chi connectivity index (χ4v) is 4.23.